The summed E-state index contributed by atoms with van der Waals surface area (Å²) < 4.78 is 0. The van der Waals surface area contributed by atoms with Crippen molar-refractivity contribution in [3.8, 4) is 0 Å². The Morgan fingerprint density at radius 1 is 1.20 bits per heavy atom. The molecule has 1 saturated carbocycles. The first-order chi connectivity index (χ1) is 9.63. The first-order valence-electron chi connectivity index (χ1n) is 6.75. The second-order valence-electron chi connectivity index (χ2n) is 4.99. The molecular formula is C14H18ClN3OS. The van der Waals surface area contributed by atoms with E-state index in [2.05, 4.69) is 16.2 Å². The van der Waals surface area contributed by atoms with E-state index >= 15 is 0 Å². The van der Waals surface area contributed by atoms with E-state index in [9.17, 15) is 4.79 Å². The maximum absolute atomic E-state index is 11.7. The molecule has 0 unspecified atom stereocenters. The summed E-state index contributed by atoms with van der Waals surface area (Å²) >= 11 is 10.9. The Morgan fingerprint density at radius 2 is 1.85 bits per heavy atom. The number of rotatable bonds is 3. The molecule has 3 N–H and O–H groups in total. The molecule has 1 fully saturated rings. The number of anilines is 1. The van der Waals surface area contributed by atoms with Gasteiger partial charge in [-0.15, -0.1) is 0 Å². The third kappa shape index (κ3) is 4.98. The summed E-state index contributed by atoms with van der Waals surface area (Å²) in [5.41, 5.74) is 6.15. The first kappa shape index (κ1) is 15.1. The quantitative estimate of drug-likeness (QED) is 0.592. The Hall–Kier alpha value is -1.33. The van der Waals surface area contributed by atoms with E-state index in [1.165, 1.54) is 12.8 Å². The Balaban J connectivity index is 1.69. The molecule has 0 aromatic heterocycles. The van der Waals surface area contributed by atoms with Crippen molar-refractivity contribution >= 4 is 40.5 Å². The Bertz CT molecular complexity index is 472. The predicted molar refractivity (Wildman–Crippen MR) is 85.5 cm³/mol. The fraction of sp³-hybridized carbons (Fsp3) is 0.429. The van der Waals surface area contributed by atoms with Gasteiger partial charge in [0.05, 0.1) is 0 Å². The highest BCUT2D eigenvalue weighted by Gasteiger charge is 2.18. The minimum Gasteiger partial charge on any atom is -0.331 e. The average Bonchev–Trinajstić information content (AvgIpc) is 2.92. The Morgan fingerprint density at radius 3 is 2.50 bits per heavy atom. The summed E-state index contributed by atoms with van der Waals surface area (Å²) in [5, 5.41) is 3.98. The number of thiocarbonyl (C=S) groups is 1. The van der Waals surface area contributed by atoms with Crippen LogP contribution in [-0.2, 0) is 4.79 Å². The zero-order valence-electron chi connectivity index (χ0n) is 11.1. The molecule has 0 heterocycles. The molecule has 2 rings (SSSR count). The first-order valence-corrected chi connectivity index (χ1v) is 7.53. The summed E-state index contributed by atoms with van der Waals surface area (Å²) in [6.45, 7) is 0. The number of hydrogen-bond acceptors (Lipinski definition) is 2. The summed E-state index contributed by atoms with van der Waals surface area (Å²) in [6.07, 6.45) is 5.35. The SMILES string of the molecule is O=C(CC1CCCC1)NNC(=S)Nc1ccc(Cl)cc1. The summed E-state index contributed by atoms with van der Waals surface area (Å²) in [6, 6.07) is 7.17. The molecule has 1 aromatic rings. The third-order valence-corrected chi connectivity index (χ3v) is 3.82. The highest BCUT2D eigenvalue weighted by molar-refractivity contribution is 7.80. The molecule has 1 aromatic carbocycles. The molecule has 1 amide bonds. The van der Waals surface area contributed by atoms with Crippen molar-refractivity contribution in [1.29, 1.82) is 0 Å². The molecule has 0 radical (unpaired) electrons. The van der Waals surface area contributed by atoms with Gasteiger partial charge in [0.1, 0.15) is 0 Å². The van der Waals surface area contributed by atoms with Crippen molar-refractivity contribution in [3.63, 3.8) is 0 Å². The van der Waals surface area contributed by atoms with Gasteiger partial charge in [-0.2, -0.15) is 0 Å². The van der Waals surface area contributed by atoms with Gasteiger partial charge in [0, 0.05) is 17.1 Å². The summed E-state index contributed by atoms with van der Waals surface area (Å²) in [7, 11) is 0. The fourth-order valence-corrected chi connectivity index (χ4v) is 2.64. The average molecular weight is 312 g/mol. The van der Waals surface area contributed by atoms with E-state index in [0.717, 1.165) is 18.5 Å². The van der Waals surface area contributed by atoms with Crippen LogP contribution >= 0.6 is 23.8 Å². The minimum absolute atomic E-state index is 0.0165. The van der Waals surface area contributed by atoms with Gasteiger partial charge in [0.25, 0.3) is 0 Å². The van der Waals surface area contributed by atoms with E-state index in [1.807, 2.05) is 12.1 Å². The number of carbonyl (C=O) groups is 1. The lowest BCUT2D eigenvalue weighted by Crippen LogP contribution is -2.44. The van der Waals surface area contributed by atoms with Crippen LogP contribution in [-0.4, -0.2) is 11.0 Å². The summed E-state index contributed by atoms with van der Waals surface area (Å²) in [5.74, 6) is 0.506. The van der Waals surface area contributed by atoms with Gasteiger partial charge >= 0.3 is 0 Å². The molecule has 108 valence electrons. The van der Waals surface area contributed by atoms with Crippen LogP contribution in [0.2, 0.25) is 5.02 Å². The van der Waals surface area contributed by atoms with E-state index < -0.39 is 0 Å². The molecular weight excluding hydrogens is 294 g/mol. The van der Waals surface area contributed by atoms with E-state index in [-0.39, 0.29) is 5.91 Å². The van der Waals surface area contributed by atoms with Crippen molar-refractivity contribution in [2.24, 2.45) is 5.92 Å². The Labute approximate surface area is 129 Å². The van der Waals surface area contributed by atoms with Gasteiger partial charge in [0.2, 0.25) is 5.91 Å². The molecule has 0 aliphatic heterocycles. The second-order valence-corrected chi connectivity index (χ2v) is 5.83. The Kier molecular flexibility index (Phi) is 5.61. The fourth-order valence-electron chi connectivity index (χ4n) is 2.35. The zero-order valence-corrected chi connectivity index (χ0v) is 12.7. The standard InChI is InChI=1S/C14H18ClN3OS/c15-11-5-7-12(8-6-11)16-14(20)18-17-13(19)9-10-3-1-2-4-10/h5-8,10H,1-4,9H2,(H,17,19)(H2,16,18,20). The highest BCUT2D eigenvalue weighted by atomic mass is 35.5. The highest BCUT2D eigenvalue weighted by Crippen LogP contribution is 2.27. The minimum atomic E-state index is -0.0165. The molecule has 20 heavy (non-hydrogen) atoms. The number of hydrogen-bond donors (Lipinski definition) is 3. The number of halogens is 1. The van der Waals surface area contributed by atoms with Crippen molar-refractivity contribution in [3.05, 3.63) is 29.3 Å². The molecule has 6 heteroatoms. The van der Waals surface area contributed by atoms with Crippen LogP contribution < -0.4 is 16.2 Å². The molecule has 1 aliphatic rings. The number of amides is 1. The van der Waals surface area contributed by atoms with Crippen LogP contribution in [0.15, 0.2) is 24.3 Å². The monoisotopic (exact) mass is 311 g/mol. The maximum atomic E-state index is 11.7. The topological polar surface area (TPSA) is 53.2 Å². The number of benzene rings is 1. The van der Waals surface area contributed by atoms with Crippen LogP contribution in [0.4, 0.5) is 5.69 Å². The van der Waals surface area contributed by atoms with E-state index in [4.69, 9.17) is 23.8 Å². The third-order valence-electron chi connectivity index (χ3n) is 3.37. The van der Waals surface area contributed by atoms with Gasteiger partial charge in [0.15, 0.2) is 5.11 Å². The molecule has 0 atom stereocenters. The van der Waals surface area contributed by atoms with Gasteiger partial charge in [-0.1, -0.05) is 24.4 Å². The van der Waals surface area contributed by atoms with Gasteiger partial charge in [-0.25, -0.2) is 0 Å². The van der Waals surface area contributed by atoms with Crippen LogP contribution in [0.25, 0.3) is 0 Å². The van der Waals surface area contributed by atoms with Gasteiger partial charge < -0.3 is 5.32 Å². The zero-order chi connectivity index (χ0) is 14.4. The normalized spacial score (nSPS) is 14.8. The smallest absolute Gasteiger partial charge is 0.238 e. The van der Waals surface area contributed by atoms with Gasteiger partial charge in [-0.3, -0.25) is 15.6 Å². The molecule has 0 bridgehead atoms. The lowest BCUT2D eigenvalue weighted by atomic mass is 10.0. The van der Waals surface area contributed by atoms with Crippen molar-refractivity contribution < 1.29 is 4.79 Å². The van der Waals surface area contributed by atoms with Crippen LogP contribution in [0.5, 0.6) is 0 Å². The van der Waals surface area contributed by atoms with Gasteiger partial charge in [-0.05, 0) is 55.2 Å². The van der Waals surface area contributed by atoms with Crippen molar-refractivity contribution in [2.45, 2.75) is 32.1 Å². The van der Waals surface area contributed by atoms with E-state index in [1.54, 1.807) is 12.1 Å². The number of nitrogens with one attached hydrogen (secondary N) is 3. The number of carbonyl (C=O) groups excluding carboxylic acids is 1. The maximum Gasteiger partial charge on any atom is 0.238 e. The van der Waals surface area contributed by atoms with E-state index in [0.29, 0.717) is 22.5 Å². The number of hydrazine groups is 1. The molecule has 0 spiro atoms. The summed E-state index contributed by atoms with van der Waals surface area (Å²) in [4.78, 5) is 11.7. The molecule has 4 nitrogen and oxygen atoms in total. The van der Waals surface area contributed by atoms with Crippen LogP contribution in [0.1, 0.15) is 32.1 Å². The second kappa shape index (κ2) is 7.45. The molecule has 0 saturated heterocycles. The largest absolute Gasteiger partial charge is 0.331 e. The predicted octanol–water partition coefficient (Wildman–Crippen LogP) is 3.24. The molecule has 1 aliphatic carbocycles. The van der Waals surface area contributed by atoms with Crippen molar-refractivity contribution in [1.82, 2.24) is 10.9 Å². The lowest BCUT2D eigenvalue weighted by Gasteiger charge is -2.13. The van der Waals surface area contributed by atoms with Crippen molar-refractivity contribution in [2.75, 3.05) is 5.32 Å². The lowest BCUT2D eigenvalue weighted by molar-refractivity contribution is -0.122. The van der Waals surface area contributed by atoms with Crippen LogP contribution in [0.3, 0.4) is 0 Å². The van der Waals surface area contributed by atoms with Crippen LogP contribution in [0, 0.1) is 5.92 Å².